The van der Waals surface area contributed by atoms with E-state index in [0.717, 1.165) is 22.9 Å². The van der Waals surface area contributed by atoms with Gasteiger partial charge in [-0.1, -0.05) is 29.8 Å². The summed E-state index contributed by atoms with van der Waals surface area (Å²) in [5.74, 6) is 2.59. The number of nitrogens with one attached hydrogen (secondary N) is 1. The van der Waals surface area contributed by atoms with Gasteiger partial charge in [-0.15, -0.1) is 0 Å². The van der Waals surface area contributed by atoms with Crippen LogP contribution in [0, 0.1) is 5.92 Å². The lowest BCUT2D eigenvalue weighted by molar-refractivity contribution is 0.174. The van der Waals surface area contributed by atoms with Crippen molar-refractivity contribution in [1.29, 1.82) is 0 Å². The largest absolute Gasteiger partial charge is 0.454 e. The Bertz CT molecular complexity index is 817. The maximum absolute atomic E-state index is 6.20. The van der Waals surface area contributed by atoms with Crippen molar-refractivity contribution in [2.24, 2.45) is 5.92 Å². The number of hydrogen-bond donors (Lipinski definition) is 1. The smallest absolute Gasteiger partial charge is 0.231 e. The number of fused-ring (bicyclic) bond motifs is 4. The minimum atomic E-state index is 0.262. The summed E-state index contributed by atoms with van der Waals surface area (Å²) in [4.78, 5) is 0. The molecule has 0 saturated carbocycles. The topological polar surface area (TPSA) is 30.5 Å². The summed E-state index contributed by atoms with van der Waals surface area (Å²) in [7, 11) is 0. The van der Waals surface area contributed by atoms with Crippen molar-refractivity contribution >= 4 is 17.3 Å². The van der Waals surface area contributed by atoms with Gasteiger partial charge in [0.05, 0.1) is 6.04 Å². The van der Waals surface area contributed by atoms with Crippen molar-refractivity contribution in [3.8, 4) is 11.5 Å². The van der Waals surface area contributed by atoms with Crippen molar-refractivity contribution in [2.75, 3.05) is 12.1 Å². The van der Waals surface area contributed by atoms with Crippen LogP contribution in [0.4, 0.5) is 5.69 Å². The zero-order valence-corrected chi connectivity index (χ0v) is 13.2. The molecular formula is C19H16ClNO2. The van der Waals surface area contributed by atoms with E-state index in [1.165, 1.54) is 16.8 Å². The van der Waals surface area contributed by atoms with E-state index in [1.807, 2.05) is 12.1 Å². The molecule has 2 heterocycles. The average molecular weight is 326 g/mol. The molecule has 0 aromatic heterocycles. The SMILES string of the molecule is Clc1ccc2c(c1)[C@@H]1C=CC[C@@H]1[C@H](c1ccc3c(c1)OCO3)N2. The van der Waals surface area contributed by atoms with E-state index in [-0.39, 0.29) is 6.04 Å². The van der Waals surface area contributed by atoms with Gasteiger partial charge in [-0.2, -0.15) is 0 Å². The maximum atomic E-state index is 6.20. The molecule has 3 atom stereocenters. The van der Waals surface area contributed by atoms with Crippen molar-refractivity contribution in [3.05, 3.63) is 64.7 Å². The Morgan fingerprint density at radius 3 is 2.91 bits per heavy atom. The molecule has 4 heteroatoms. The van der Waals surface area contributed by atoms with E-state index in [4.69, 9.17) is 21.1 Å². The molecule has 0 bridgehead atoms. The molecular weight excluding hydrogens is 310 g/mol. The first-order valence-electron chi connectivity index (χ1n) is 7.92. The molecule has 116 valence electrons. The number of ether oxygens (including phenoxy) is 2. The third kappa shape index (κ3) is 2.03. The molecule has 3 aliphatic rings. The van der Waals surface area contributed by atoms with Crippen LogP contribution in [-0.2, 0) is 0 Å². The third-order valence-corrected chi connectivity index (χ3v) is 5.32. The van der Waals surface area contributed by atoms with Gasteiger partial charge >= 0.3 is 0 Å². The Hall–Kier alpha value is -2.13. The van der Waals surface area contributed by atoms with Gasteiger partial charge in [0, 0.05) is 16.6 Å². The summed E-state index contributed by atoms with van der Waals surface area (Å²) in [6.45, 7) is 0.311. The molecule has 0 spiro atoms. The van der Waals surface area contributed by atoms with Gasteiger partial charge in [0.2, 0.25) is 6.79 Å². The second-order valence-electron chi connectivity index (χ2n) is 6.32. The Morgan fingerprint density at radius 1 is 1.04 bits per heavy atom. The second kappa shape index (κ2) is 4.93. The Kier molecular flexibility index (Phi) is 2.86. The maximum Gasteiger partial charge on any atom is 0.231 e. The molecule has 0 radical (unpaired) electrons. The summed E-state index contributed by atoms with van der Waals surface area (Å²) in [6.07, 6.45) is 5.68. The standard InChI is InChI=1S/C19H16ClNO2/c20-12-5-6-16-15(9-12)13-2-1-3-14(13)19(21-16)11-4-7-17-18(8-11)23-10-22-17/h1-2,4-9,13-14,19,21H,3,10H2/t13-,14+,19+/m1/s1. The molecule has 3 nitrogen and oxygen atoms in total. The van der Waals surface area contributed by atoms with Gasteiger partial charge in [0.25, 0.3) is 0 Å². The zero-order valence-electron chi connectivity index (χ0n) is 12.5. The van der Waals surface area contributed by atoms with Gasteiger partial charge in [-0.3, -0.25) is 0 Å². The minimum absolute atomic E-state index is 0.262. The molecule has 0 saturated heterocycles. The van der Waals surface area contributed by atoms with E-state index in [0.29, 0.717) is 18.6 Å². The summed E-state index contributed by atoms with van der Waals surface area (Å²) in [5, 5.41) is 4.51. The predicted octanol–water partition coefficient (Wildman–Crippen LogP) is 4.90. The first-order valence-corrected chi connectivity index (χ1v) is 8.29. The molecule has 2 aromatic rings. The molecule has 1 N–H and O–H groups in total. The van der Waals surface area contributed by atoms with Crippen molar-refractivity contribution < 1.29 is 9.47 Å². The van der Waals surface area contributed by atoms with E-state index >= 15 is 0 Å². The normalized spacial score (nSPS) is 26.6. The highest BCUT2D eigenvalue weighted by molar-refractivity contribution is 6.30. The lowest BCUT2D eigenvalue weighted by atomic mass is 9.77. The highest BCUT2D eigenvalue weighted by Crippen LogP contribution is 2.51. The Morgan fingerprint density at radius 2 is 1.96 bits per heavy atom. The van der Waals surface area contributed by atoms with Crippen LogP contribution < -0.4 is 14.8 Å². The van der Waals surface area contributed by atoms with Crippen molar-refractivity contribution in [2.45, 2.75) is 18.4 Å². The Balaban J connectivity index is 1.58. The van der Waals surface area contributed by atoms with Crippen LogP contribution in [0.3, 0.4) is 0 Å². The third-order valence-electron chi connectivity index (χ3n) is 5.08. The van der Waals surface area contributed by atoms with E-state index in [2.05, 4.69) is 41.7 Å². The highest BCUT2D eigenvalue weighted by Gasteiger charge is 2.38. The average Bonchev–Trinajstić information content (AvgIpc) is 3.22. The number of allylic oxidation sites excluding steroid dienone is 2. The van der Waals surface area contributed by atoms with E-state index in [9.17, 15) is 0 Å². The van der Waals surface area contributed by atoms with Crippen LogP contribution in [-0.4, -0.2) is 6.79 Å². The molecule has 2 aromatic carbocycles. The summed E-state index contributed by atoms with van der Waals surface area (Å²) in [6, 6.07) is 12.6. The van der Waals surface area contributed by atoms with Gasteiger partial charge in [0.1, 0.15) is 0 Å². The van der Waals surface area contributed by atoms with E-state index < -0.39 is 0 Å². The molecule has 0 amide bonds. The number of hydrogen-bond acceptors (Lipinski definition) is 3. The molecule has 2 aliphatic heterocycles. The Labute approximate surface area is 139 Å². The van der Waals surface area contributed by atoms with Crippen LogP contribution in [0.5, 0.6) is 11.5 Å². The fourth-order valence-corrected chi connectivity index (χ4v) is 4.18. The summed E-state index contributed by atoms with van der Waals surface area (Å²) < 4.78 is 11.0. The van der Waals surface area contributed by atoms with Crippen LogP contribution in [0.25, 0.3) is 0 Å². The number of halogens is 1. The number of benzene rings is 2. The summed E-state index contributed by atoms with van der Waals surface area (Å²) in [5.41, 5.74) is 3.71. The second-order valence-corrected chi connectivity index (χ2v) is 6.76. The first kappa shape index (κ1) is 13.3. The van der Waals surface area contributed by atoms with Crippen LogP contribution >= 0.6 is 11.6 Å². The quantitative estimate of drug-likeness (QED) is 0.757. The monoisotopic (exact) mass is 325 g/mol. The summed E-state index contributed by atoms with van der Waals surface area (Å²) >= 11 is 6.20. The number of rotatable bonds is 1. The predicted molar refractivity (Wildman–Crippen MR) is 90.4 cm³/mol. The lowest BCUT2D eigenvalue weighted by Crippen LogP contribution is -2.29. The van der Waals surface area contributed by atoms with Crippen molar-refractivity contribution in [1.82, 2.24) is 0 Å². The van der Waals surface area contributed by atoms with E-state index in [1.54, 1.807) is 0 Å². The fraction of sp³-hybridized carbons (Fsp3) is 0.263. The fourth-order valence-electron chi connectivity index (χ4n) is 4.00. The van der Waals surface area contributed by atoms with Gasteiger partial charge in [-0.05, 0) is 53.8 Å². The molecule has 1 aliphatic carbocycles. The first-order chi connectivity index (χ1) is 11.3. The zero-order chi connectivity index (χ0) is 15.4. The molecule has 0 unspecified atom stereocenters. The van der Waals surface area contributed by atoms with Gasteiger partial charge < -0.3 is 14.8 Å². The highest BCUT2D eigenvalue weighted by atomic mass is 35.5. The van der Waals surface area contributed by atoms with Crippen LogP contribution in [0.1, 0.15) is 29.5 Å². The molecule has 23 heavy (non-hydrogen) atoms. The lowest BCUT2D eigenvalue weighted by Gasteiger charge is -2.37. The van der Waals surface area contributed by atoms with Crippen molar-refractivity contribution in [3.63, 3.8) is 0 Å². The van der Waals surface area contributed by atoms with Gasteiger partial charge in [-0.25, -0.2) is 0 Å². The number of anilines is 1. The van der Waals surface area contributed by atoms with Crippen LogP contribution in [0.15, 0.2) is 48.6 Å². The molecule has 5 rings (SSSR count). The molecule has 0 fully saturated rings. The van der Waals surface area contributed by atoms with Crippen LogP contribution in [0.2, 0.25) is 5.02 Å². The van der Waals surface area contributed by atoms with Gasteiger partial charge in [0.15, 0.2) is 11.5 Å². The minimum Gasteiger partial charge on any atom is -0.454 e.